The van der Waals surface area contributed by atoms with Crippen molar-refractivity contribution >= 4 is 6.04 Å². The van der Waals surface area contributed by atoms with Gasteiger partial charge in [-0.3, -0.25) is 4.79 Å². The first kappa shape index (κ1) is 14.0. The normalized spacial score (nSPS) is 14.1. The van der Waals surface area contributed by atoms with Crippen molar-refractivity contribution in [3.05, 3.63) is 0 Å². The molecule has 15 heavy (non-hydrogen) atoms. The predicted molar refractivity (Wildman–Crippen MR) is 24.2 cm³/mol. The van der Waals surface area contributed by atoms with E-state index in [1.165, 1.54) is 0 Å². The van der Waals surface area contributed by atoms with E-state index in [9.17, 15) is 39.9 Å². The summed E-state index contributed by atoms with van der Waals surface area (Å²) in [5.41, 5.74) is 0. The molecule has 0 aliphatic heterocycles. The average Bonchev–Trinajstić information content (AvgIpc) is 1.75. The van der Waals surface area contributed by atoms with Crippen LogP contribution in [-0.4, -0.2) is 24.8 Å². The Hall–Kier alpha value is -0.970. The van der Waals surface area contributed by atoms with E-state index in [-0.39, 0.29) is 0 Å². The van der Waals surface area contributed by atoms with E-state index < -0.39 is 24.8 Å². The number of carbonyl (C=O) groups is 1. The van der Waals surface area contributed by atoms with Crippen LogP contribution in [0.5, 0.6) is 0 Å². The van der Waals surface area contributed by atoms with Gasteiger partial charge in [-0.1, -0.05) is 0 Å². The quantitative estimate of drug-likeness (QED) is 0.434. The first-order chi connectivity index (χ1) is 6.36. The smallest absolute Gasteiger partial charge is 0.251 e. The molecule has 0 radical (unpaired) electrons. The lowest BCUT2D eigenvalue weighted by atomic mass is 10.7. The molecule has 90 valence electrons. The first-order valence-corrected chi connectivity index (χ1v) is 2.78. The molecule has 0 spiro atoms. The Kier molecular flexibility index (Phi) is 3.63. The van der Waals surface area contributed by atoms with Crippen LogP contribution in [0.15, 0.2) is 0 Å². The van der Waals surface area contributed by atoms with Gasteiger partial charge in [0.15, 0.2) is 0 Å². The summed E-state index contributed by atoms with van der Waals surface area (Å²) in [6.45, 7) is 0. The summed E-state index contributed by atoms with van der Waals surface area (Å²) in [7, 11) is 0. The molecule has 0 aliphatic carbocycles. The van der Waals surface area contributed by atoms with Crippen LogP contribution in [0.4, 0.5) is 35.1 Å². The second-order valence-electron chi connectivity index (χ2n) is 1.90. The zero-order valence-corrected chi connectivity index (χ0v) is 6.25. The summed E-state index contributed by atoms with van der Waals surface area (Å²) in [6.07, 6.45) is -17.6. The van der Waals surface area contributed by atoms with Gasteiger partial charge < -0.3 is 0 Å². The van der Waals surface area contributed by atoms with Gasteiger partial charge in [0.1, 0.15) is 0 Å². The number of halogens is 8. The predicted octanol–water partition coefficient (Wildman–Crippen LogP) is 2.18. The van der Waals surface area contributed by atoms with Crippen molar-refractivity contribution in [3.8, 4) is 0 Å². The maximum absolute atomic E-state index is 11.8. The van der Waals surface area contributed by atoms with E-state index >= 15 is 0 Å². The molecule has 0 N–H and O–H groups in total. The minimum absolute atomic E-state index is 1.76. The standard InChI is InChI=1S/C4F8O3/c5-1(13)2(6,7)14-4(11,12)15-3(8,9)10. The second kappa shape index (κ2) is 3.89. The maximum atomic E-state index is 11.8. The van der Waals surface area contributed by atoms with E-state index in [4.69, 9.17) is 0 Å². The fourth-order valence-electron chi connectivity index (χ4n) is 0.345. The van der Waals surface area contributed by atoms with Crippen molar-refractivity contribution in [1.29, 1.82) is 0 Å². The molecule has 0 heterocycles. The molecule has 0 bridgehead atoms. The number of rotatable bonds is 4. The number of ether oxygens (including phenoxy) is 2. The van der Waals surface area contributed by atoms with Crippen molar-refractivity contribution in [1.82, 2.24) is 0 Å². The van der Waals surface area contributed by atoms with E-state index in [2.05, 4.69) is 0 Å². The Bertz CT molecular complexity index is 245. The van der Waals surface area contributed by atoms with Gasteiger partial charge in [-0.2, -0.15) is 17.9 Å². The van der Waals surface area contributed by atoms with E-state index in [0.29, 0.717) is 0 Å². The maximum Gasteiger partial charge on any atom is 0.529 e. The van der Waals surface area contributed by atoms with Gasteiger partial charge in [-0.15, -0.1) is 22.0 Å². The van der Waals surface area contributed by atoms with Gasteiger partial charge in [0.2, 0.25) is 0 Å². The molecular formula is C4F8O3. The lowest BCUT2D eigenvalue weighted by Gasteiger charge is -2.20. The van der Waals surface area contributed by atoms with Gasteiger partial charge in [0, 0.05) is 0 Å². The van der Waals surface area contributed by atoms with Gasteiger partial charge in [-0.25, -0.2) is 4.74 Å². The molecule has 3 nitrogen and oxygen atoms in total. The van der Waals surface area contributed by atoms with Crippen molar-refractivity contribution in [2.45, 2.75) is 18.8 Å². The van der Waals surface area contributed by atoms with Crippen LogP contribution in [0.1, 0.15) is 0 Å². The fraction of sp³-hybridized carbons (Fsp3) is 0.750. The Balaban J connectivity index is 4.58. The van der Waals surface area contributed by atoms with Crippen LogP contribution >= 0.6 is 0 Å². The molecule has 0 amide bonds. The summed E-state index contributed by atoms with van der Waals surface area (Å²) in [5, 5.41) is 0. The molecule has 0 rings (SSSR count). The minimum Gasteiger partial charge on any atom is -0.251 e. The van der Waals surface area contributed by atoms with Crippen LogP contribution in [0.2, 0.25) is 0 Å². The molecule has 0 aromatic heterocycles. The Morgan fingerprint density at radius 2 is 1.27 bits per heavy atom. The molecule has 11 heteroatoms. The van der Waals surface area contributed by atoms with Gasteiger partial charge >= 0.3 is 24.8 Å². The Labute approximate surface area is 75.5 Å². The van der Waals surface area contributed by atoms with E-state index in [0.717, 1.165) is 0 Å². The highest BCUT2D eigenvalue weighted by atomic mass is 19.4. The van der Waals surface area contributed by atoms with Crippen LogP contribution in [-0.2, 0) is 14.3 Å². The highest BCUT2D eigenvalue weighted by Gasteiger charge is 2.56. The number of carbonyl (C=O) groups excluding carboxylic acids is 1. The Morgan fingerprint density at radius 1 is 0.867 bits per heavy atom. The van der Waals surface area contributed by atoms with Crippen LogP contribution < -0.4 is 0 Å². The third kappa shape index (κ3) is 5.47. The lowest BCUT2D eigenvalue weighted by Crippen LogP contribution is -2.42. The lowest BCUT2D eigenvalue weighted by molar-refractivity contribution is -0.527. The topological polar surface area (TPSA) is 35.5 Å². The van der Waals surface area contributed by atoms with E-state index in [1.54, 1.807) is 4.74 Å². The highest BCUT2D eigenvalue weighted by Crippen LogP contribution is 2.34. The van der Waals surface area contributed by atoms with E-state index in [1.807, 2.05) is 4.74 Å². The summed E-state index contributed by atoms with van der Waals surface area (Å²) in [4.78, 5) is 9.30. The number of hydrogen-bond donors (Lipinski definition) is 0. The third-order valence-corrected chi connectivity index (χ3v) is 0.710. The highest BCUT2D eigenvalue weighted by molar-refractivity contribution is 5.74. The summed E-state index contributed by atoms with van der Waals surface area (Å²) >= 11 is 0. The third-order valence-electron chi connectivity index (χ3n) is 0.710. The van der Waals surface area contributed by atoms with Crippen LogP contribution in [0.25, 0.3) is 0 Å². The monoisotopic (exact) mass is 248 g/mol. The summed E-state index contributed by atoms with van der Waals surface area (Å²) < 4.78 is 95.4. The SMILES string of the molecule is O=C(F)C(F)(F)OC(F)(F)OC(F)(F)F. The zero-order valence-electron chi connectivity index (χ0n) is 6.25. The zero-order chi connectivity index (χ0) is 12.5. The molecule has 0 aliphatic rings. The average molecular weight is 248 g/mol. The molecule has 0 fully saturated rings. The van der Waals surface area contributed by atoms with Gasteiger partial charge in [0.25, 0.3) is 0 Å². The minimum atomic E-state index is -6.00. The largest absolute Gasteiger partial charge is 0.529 e. The van der Waals surface area contributed by atoms with Crippen molar-refractivity contribution in [3.63, 3.8) is 0 Å². The number of hydrogen-bond acceptors (Lipinski definition) is 3. The Morgan fingerprint density at radius 3 is 1.53 bits per heavy atom. The number of alkyl halides is 7. The summed E-state index contributed by atoms with van der Waals surface area (Å²) in [6, 6.07) is -3.69. The molecule has 0 atom stereocenters. The summed E-state index contributed by atoms with van der Waals surface area (Å²) in [5.74, 6) is 0. The van der Waals surface area contributed by atoms with Crippen molar-refractivity contribution < 1.29 is 49.4 Å². The fourth-order valence-corrected chi connectivity index (χ4v) is 0.345. The molecule has 0 aromatic rings. The molecule has 0 unspecified atom stereocenters. The second-order valence-corrected chi connectivity index (χ2v) is 1.90. The molecular weight excluding hydrogens is 248 g/mol. The molecule has 0 aromatic carbocycles. The van der Waals surface area contributed by atoms with Crippen molar-refractivity contribution in [2.24, 2.45) is 0 Å². The first-order valence-electron chi connectivity index (χ1n) is 2.78. The molecule has 0 saturated carbocycles. The van der Waals surface area contributed by atoms with Gasteiger partial charge in [0.05, 0.1) is 0 Å². The van der Waals surface area contributed by atoms with Crippen molar-refractivity contribution in [2.75, 3.05) is 0 Å². The van der Waals surface area contributed by atoms with Crippen LogP contribution in [0, 0.1) is 0 Å². The van der Waals surface area contributed by atoms with Crippen LogP contribution in [0.3, 0.4) is 0 Å². The van der Waals surface area contributed by atoms with Gasteiger partial charge in [-0.05, 0) is 0 Å². The molecule has 0 saturated heterocycles.